The first-order valence-electron chi connectivity index (χ1n) is 7.13. The number of rotatable bonds is 9. The van der Waals surface area contributed by atoms with Crippen LogP contribution in [0, 0.1) is 12.7 Å². The van der Waals surface area contributed by atoms with Gasteiger partial charge < -0.3 is 4.74 Å². The molecule has 0 spiro atoms. The van der Waals surface area contributed by atoms with Crippen molar-refractivity contribution in [3.8, 4) is 5.75 Å². The zero-order chi connectivity index (χ0) is 13.2. The van der Waals surface area contributed by atoms with Crippen LogP contribution in [0.3, 0.4) is 0 Å². The van der Waals surface area contributed by atoms with E-state index in [4.69, 9.17) is 4.74 Å². The molecule has 0 radical (unpaired) electrons. The maximum absolute atomic E-state index is 13.0. The summed E-state index contributed by atoms with van der Waals surface area (Å²) in [5, 5.41) is 0. The van der Waals surface area contributed by atoms with Gasteiger partial charge in [0.1, 0.15) is 11.6 Å². The van der Waals surface area contributed by atoms with Crippen LogP contribution in [0.2, 0.25) is 0 Å². The lowest BCUT2D eigenvalue weighted by atomic mass is 10.1. The second kappa shape index (κ2) is 8.96. The van der Waals surface area contributed by atoms with E-state index in [0.717, 1.165) is 12.0 Å². The third-order valence-corrected chi connectivity index (χ3v) is 3.16. The van der Waals surface area contributed by atoms with Gasteiger partial charge in [-0.1, -0.05) is 51.5 Å². The molecule has 102 valence electrons. The SMILES string of the molecule is CCCCCCCCCOc1cc(F)ccc1C. The normalized spacial score (nSPS) is 10.6. The Kier molecular flexibility index (Phi) is 7.47. The number of aryl methyl sites for hydroxylation is 1. The van der Waals surface area contributed by atoms with Crippen LogP contribution in [0.25, 0.3) is 0 Å². The van der Waals surface area contributed by atoms with Crippen molar-refractivity contribution in [3.63, 3.8) is 0 Å². The van der Waals surface area contributed by atoms with E-state index < -0.39 is 0 Å². The van der Waals surface area contributed by atoms with Crippen molar-refractivity contribution < 1.29 is 9.13 Å². The molecule has 1 rings (SSSR count). The second-order valence-corrected chi connectivity index (χ2v) is 4.88. The van der Waals surface area contributed by atoms with Crippen LogP contribution >= 0.6 is 0 Å². The minimum absolute atomic E-state index is 0.227. The summed E-state index contributed by atoms with van der Waals surface area (Å²) in [6.45, 7) is 4.87. The van der Waals surface area contributed by atoms with E-state index in [2.05, 4.69) is 6.92 Å². The molecule has 0 fully saturated rings. The van der Waals surface area contributed by atoms with Gasteiger partial charge in [0.15, 0.2) is 0 Å². The maximum Gasteiger partial charge on any atom is 0.126 e. The van der Waals surface area contributed by atoms with Crippen LogP contribution < -0.4 is 4.74 Å². The standard InChI is InChI=1S/C16H25FO/c1-3-4-5-6-7-8-9-12-18-16-13-15(17)11-10-14(16)2/h10-11,13H,3-9,12H2,1-2H3. The van der Waals surface area contributed by atoms with E-state index in [0.29, 0.717) is 12.4 Å². The molecule has 2 heteroatoms. The highest BCUT2D eigenvalue weighted by Crippen LogP contribution is 2.19. The lowest BCUT2D eigenvalue weighted by molar-refractivity contribution is 0.301. The minimum atomic E-state index is -0.227. The Bertz CT molecular complexity index is 336. The third kappa shape index (κ3) is 6.04. The van der Waals surface area contributed by atoms with Crippen LogP contribution in [0.15, 0.2) is 18.2 Å². The van der Waals surface area contributed by atoms with Gasteiger partial charge in [-0.15, -0.1) is 0 Å². The van der Waals surface area contributed by atoms with Crippen LogP contribution in [0.5, 0.6) is 5.75 Å². The summed E-state index contributed by atoms with van der Waals surface area (Å²) in [5.41, 5.74) is 0.999. The third-order valence-electron chi connectivity index (χ3n) is 3.16. The Morgan fingerprint density at radius 1 is 1.00 bits per heavy atom. The number of ether oxygens (including phenoxy) is 1. The Morgan fingerprint density at radius 2 is 1.67 bits per heavy atom. The highest BCUT2D eigenvalue weighted by Gasteiger charge is 2.01. The fourth-order valence-electron chi connectivity index (χ4n) is 1.97. The molecule has 0 aliphatic carbocycles. The molecule has 1 aromatic carbocycles. The van der Waals surface area contributed by atoms with Gasteiger partial charge in [0.25, 0.3) is 0 Å². The van der Waals surface area contributed by atoms with Gasteiger partial charge in [-0.25, -0.2) is 4.39 Å². The Balaban J connectivity index is 2.09. The molecule has 0 aromatic heterocycles. The van der Waals surface area contributed by atoms with E-state index in [9.17, 15) is 4.39 Å². The molecule has 0 aliphatic heterocycles. The fraction of sp³-hybridized carbons (Fsp3) is 0.625. The molecule has 0 N–H and O–H groups in total. The molecule has 1 aromatic rings. The lowest BCUT2D eigenvalue weighted by Crippen LogP contribution is -1.99. The first-order valence-corrected chi connectivity index (χ1v) is 7.13. The molecule has 0 saturated heterocycles. The molecule has 0 heterocycles. The average molecular weight is 252 g/mol. The number of halogens is 1. The van der Waals surface area contributed by atoms with Crippen molar-refractivity contribution in [3.05, 3.63) is 29.6 Å². The molecule has 0 aliphatic rings. The predicted molar refractivity (Wildman–Crippen MR) is 74.6 cm³/mol. The molecular formula is C16H25FO. The van der Waals surface area contributed by atoms with Gasteiger partial charge in [0.2, 0.25) is 0 Å². The summed E-state index contributed by atoms with van der Waals surface area (Å²) < 4.78 is 18.6. The van der Waals surface area contributed by atoms with E-state index in [-0.39, 0.29) is 5.82 Å². The highest BCUT2D eigenvalue weighted by molar-refractivity contribution is 5.32. The summed E-state index contributed by atoms with van der Waals surface area (Å²) in [5.74, 6) is 0.455. The molecule has 0 bridgehead atoms. The number of hydrogen-bond donors (Lipinski definition) is 0. The monoisotopic (exact) mass is 252 g/mol. The average Bonchev–Trinajstić information content (AvgIpc) is 2.36. The molecule has 0 saturated carbocycles. The number of benzene rings is 1. The molecule has 0 amide bonds. The van der Waals surface area contributed by atoms with Crippen molar-refractivity contribution in [1.29, 1.82) is 0 Å². The Labute approximate surface area is 110 Å². The summed E-state index contributed by atoms with van der Waals surface area (Å²) in [4.78, 5) is 0. The summed E-state index contributed by atoms with van der Waals surface area (Å²) >= 11 is 0. The summed E-state index contributed by atoms with van der Waals surface area (Å²) in [6.07, 6.45) is 8.86. The zero-order valence-corrected chi connectivity index (χ0v) is 11.7. The number of unbranched alkanes of at least 4 members (excludes halogenated alkanes) is 6. The minimum Gasteiger partial charge on any atom is -0.493 e. The van der Waals surface area contributed by atoms with Gasteiger partial charge in [-0.2, -0.15) is 0 Å². The van der Waals surface area contributed by atoms with Crippen molar-refractivity contribution >= 4 is 0 Å². The van der Waals surface area contributed by atoms with Gasteiger partial charge in [0.05, 0.1) is 6.61 Å². The predicted octanol–water partition coefficient (Wildman–Crippen LogP) is 5.26. The topological polar surface area (TPSA) is 9.23 Å². The summed E-state index contributed by atoms with van der Waals surface area (Å²) in [6, 6.07) is 4.70. The van der Waals surface area contributed by atoms with Crippen LogP contribution in [0.4, 0.5) is 4.39 Å². The van der Waals surface area contributed by atoms with Crippen molar-refractivity contribution in [1.82, 2.24) is 0 Å². The van der Waals surface area contributed by atoms with E-state index in [1.807, 2.05) is 6.92 Å². The zero-order valence-electron chi connectivity index (χ0n) is 11.7. The molecular weight excluding hydrogens is 227 g/mol. The molecule has 18 heavy (non-hydrogen) atoms. The first-order chi connectivity index (χ1) is 8.74. The lowest BCUT2D eigenvalue weighted by Gasteiger charge is -2.09. The Morgan fingerprint density at radius 3 is 2.39 bits per heavy atom. The fourth-order valence-corrected chi connectivity index (χ4v) is 1.97. The largest absolute Gasteiger partial charge is 0.493 e. The van der Waals surface area contributed by atoms with Gasteiger partial charge >= 0.3 is 0 Å². The Hall–Kier alpha value is -1.05. The van der Waals surface area contributed by atoms with Gasteiger partial charge in [-0.05, 0) is 25.0 Å². The quantitative estimate of drug-likeness (QED) is 0.544. The molecule has 0 unspecified atom stereocenters. The van der Waals surface area contributed by atoms with Gasteiger partial charge in [0, 0.05) is 6.07 Å². The highest BCUT2D eigenvalue weighted by atomic mass is 19.1. The summed E-state index contributed by atoms with van der Waals surface area (Å²) in [7, 11) is 0. The molecule has 1 nitrogen and oxygen atoms in total. The van der Waals surface area contributed by atoms with Gasteiger partial charge in [-0.3, -0.25) is 0 Å². The first kappa shape index (κ1) is 15.0. The van der Waals surface area contributed by atoms with Crippen LogP contribution in [0.1, 0.15) is 57.4 Å². The molecule has 0 atom stereocenters. The van der Waals surface area contributed by atoms with E-state index in [1.54, 1.807) is 6.07 Å². The van der Waals surface area contributed by atoms with Crippen molar-refractivity contribution in [2.75, 3.05) is 6.61 Å². The van der Waals surface area contributed by atoms with Crippen molar-refractivity contribution in [2.24, 2.45) is 0 Å². The van der Waals surface area contributed by atoms with E-state index >= 15 is 0 Å². The maximum atomic E-state index is 13.0. The number of hydrogen-bond acceptors (Lipinski definition) is 1. The van der Waals surface area contributed by atoms with E-state index in [1.165, 1.54) is 50.7 Å². The van der Waals surface area contributed by atoms with Crippen molar-refractivity contribution in [2.45, 2.75) is 58.8 Å². The van der Waals surface area contributed by atoms with Crippen LogP contribution in [-0.4, -0.2) is 6.61 Å². The second-order valence-electron chi connectivity index (χ2n) is 4.88. The smallest absolute Gasteiger partial charge is 0.126 e. The van der Waals surface area contributed by atoms with Crippen LogP contribution in [-0.2, 0) is 0 Å².